The van der Waals surface area contributed by atoms with E-state index >= 15 is 0 Å². The van der Waals surface area contributed by atoms with Gasteiger partial charge >= 0.3 is 0 Å². The van der Waals surface area contributed by atoms with E-state index in [1.54, 1.807) is 24.5 Å². The Bertz CT molecular complexity index is 527. The second kappa shape index (κ2) is 3.60. The van der Waals surface area contributed by atoms with Gasteiger partial charge in [-0.05, 0) is 34.1 Å². The van der Waals surface area contributed by atoms with Crippen LogP contribution in [0, 0.1) is 11.3 Å². The summed E-state index contributed by atoms with van der Waals surface area (Å²) in [7, 11) is 1.64. The lowest BCUT2D eigenvalue weighted by Gasteiger charge is -1.97. The Kier molecular flexibility index (Phi) is 2.44. The third-order valence-corrected chi connectivity index (χ3v) is 3.71. The summed E-state index contributed by atoms with van der Waals surface area (Å²) in [4.78, 5) is 0. The van der Waals surface area contributed by atoms with Crippen LogP contribution in [-0.2, 0) is 0 Å². The molecule has 2 nitrogen and oxygen atoms in total. The maximum Gasteiger partial charge on any atom is 0.151 e. The lowest BCUT2D eigenvalue weighted by molar-refractivity contribution is 0.419. The van der Waals surface area contributed by atoms with Crippen LogP contribution in [-0.4, -0.2) is 7.11 Å². The zero-order valence-electron chi connectivity index (χ0n) is 7.37. The molecule has 0 aliphatic carbocycles. The number of ether oxygens (including phenoxy) is 1. The van der Waals surface area contributed by atoms with Crippen LogP contribution in [0.3, 0.4) is 0 Å². The number of benzene rings is 1. The number of nitriles is 1. The summed E-state index contributed by atoms with van der Waals surface area (Å²) in [6.07, 6.45) is 0. The molecule has 0 saturated carbocycles. The first-order valence-corrected chi connectivity index (χ1v) is 5.53. The molecule has 1 aromatic heterocycles. The molecule has 2 aromatic rings. The fraction of sp³-hybridized carbons (Fsp3) is 0.100. The Morgan fingerprint density at radius 1 is 1.50 bits per heavy atom. The van der Waals surface area contributed by atoms with Crippen molar-refractivity contribution in [2.45, 2.75) is 0 Å². The van der Waals surface area contributed by atoms with E-state index in [2.05, 4.69) is 22.0 Å². The smallest absolute Gasteiger partial charge is 0.151 e. The van der Waals surface area contributed by atoms with Crippen molar-refractivity contribution in [3.8, 4) is 11.8 Å². The van der Waals surface area contributed by atoms with E-state index in [1.165, 1.54) is 0 Å². The highest BCUT2D eigenvalue weighted by molar-refractivity contribution is 9.11. The van der Waals surface area contributed by atoms with E-state index in [4.69, 9.17) is 10.00 Å². The van der Waals surface area contributed by atoms with Gasteiger partial charge in [-0.1, -0.05) is 0 Å². The minimum Gasteiger partial charge on any atom is -0.494 e. The number of methoxy groups -OCH3 is 1. The van der Waals surface area contributed by atoms with Gasteiger partial charge in [-0.15, -0.1) is 11.3 Å². The summed E-state index contributed by atoms with van der Waals surface area (Å²) in [6, 6.07) is 7.69. The van der Waals surface area contributed by atoms with Crippen LogP contribution in [0.2, 0.25) is 0 Å². The highest BCUT2D eigenvalue weighted by Crippen LogP contribution is 2.41. The molecule has 0 bridgehead atoms. The van der Waals surface area contributed by atoms with E-state index in [0.717, 1.165) is 19.6 Å². The maximum absolute atomic E-state index is 8.74. The summed E-state index contributed by atoms with van der Waals surface area (Å²) in [5.41, 5.74) is 0.675. The van der Waals surface area contributed by atoms with Crippen molar-refractivity contribution in [1.82, 2.24) is 0 Å². The van der Waals surface area contributed by atoms with Gasteiger partial charge in [0.25, 0.3) is 0 Å². The van der Waals surface area contributed by atoms with E-state index < -0.39 is 0 Å². The number of halogens is 1. The van der Waals surface area contributed by atoms with Crippen LogP contribution in [0.5, 0.6) is 5.75 Å². The Labute approximate surface area is 93.9 Å². The molecule has 0 N–H and O–H groups in total. The van der Waals surface area contributed by atoms with Crippen molar-refractivity contribution in [1.29, 1.82) is 5.26 Å². The van der Waals surface area contributed by atoms with Gasteiger partial charge in [-0.2, -0.15) is 5.26 Å². The molecular formula is C10H6BrNOS. The number of hydrogen-bond donors (Lipinski definition) is 0. The van der Waals surface area contributed by atoms with E-state index in [-0.39, 0.29) is 0 Å². The highest BCUT2D eigenvalue weighted by Gasteiger charge is 2.10. The number of rotatable bonds is 1. The van der Waals surface area contributed by atoms with Crippen molar-refractivity contribution in [3.63, 3.8) is 0 Å². The molecule has 0 unspecified atom stereocenters. The Balaban J connectivity index is 2.76. The third kappa shape index (κ3) is 1.39. The predicted molar refractivity (Wildman–Crippen MR) is 60.8 cm³/mol. The maximum atomic E-state index is 8.74. The molecule has 0 fully saturated rings. The van der Waals surface area contributed by atoms with E-state index in [0.29, 0.717) is 5.56 Å². The van der Waals surface area contributed by atoms with Crippen molar-refractivity contribution < 1.29 is 4.74 Å². The van der Waals surface area contributed by atoms with Crippen LogP contribution < -0.4 is 4.74 Å². The molecule has 0 saturated heterocycles. The molecule has 1 heterocycles. The first-order chi connectivity index (χ1) is 6.76. The zero-order chi connectivity index (χ0) is 10.1. The van der Waals surface area contributed by atoms with Crippen molar-refractivity contribution in [2.75, 3.05) is 7.11 Å². The normalized spacial score (nSPS) is 10.1. The van der Waals surface area contributed by atoms with Crippen molar-refractivity contribution in [2.24, 2.45) is 0 Å². The van der Waals surface area contributed by atoms with Gasteiger partial charge < -0.3 is 4.74 Å². The summed E-state index contributed by atoms with van der Waals surface area (Å²) >= 11 is 5.00. The minimum atomic E-state index is 0.675. The fourth-order valence-corrected chi connectivity index (χ4v) is 3.14. The van der Waals surface area contributed by atoms with Gasteiger partial charge in [0.2, 0.25) is 0 Å². The highest BCUT2D eigenvalue weighted by atomic mass is 79.9. The molecule has 0 aliphatic heterocycles. The summed E-state index contributed by atoms with van der Waals surface area (Å²) in [5, 5.41) is 9.79. The van der Waals surface area contributed by atoms with E-state index in [1.807, 2.05) is 12.1 Å². The number of hydrogen-bond acceptors (Lipinski definition) is 3. The number of fused-ring (bicyclic) bond motifs is 1. The van der Waals surface area contributed by atoms with Crippen LogP contribution in [0.15, 0.2) is 22.0 Å². The quantitative estimate of drug-likeness (QED) is 0.792. The van der Waals surface area contributed by atoms with Crippen molar-refractivity contribution >= 4 is 37.4 Å². The lowest BCUT2D eigenvalue weighted by atomic mass is 10.2. The number of thiophene rings is 1. The SMILES string of the molecule is COc1c(Br)sc2cc(C#N)ccc12. The average molecular weight is 268 g/mol. The standard InChI is InChI=1S/C10H6BrNOS/c1-13-9-7-3-2-6(5-12)4-8(7)14-10(9)11/h2-4H,1H3. The number of nitrogens with zero attached hydrogens (tertiary/aromatic N) is 1. The zero-order valence-corrected chi connectivity index (χ0v) is 9.78. The largest absolute Gasteiger partial charge is 0.494 e. The predicted octanol–water partition coefficient (Wildman–Crippen LogP) is 3.54. The molecule has 0 amide bonds. The van der Waals surface area contributed by atoms with Gasteiger partial charge in [0.15, 0.2) is 5.75 Å². The fourth-order valence-electron chi connectivity index (χ4n) is 1.30. The molecule has 14 heavy (non-hydrogen) atoms. The summed E-state index contributed by atoms with van der Waals surface area (Å²) in [6.45, 7) is 0. The third-order valence-electron chi connectivity index (χ3n) is 1.94. The van der Waals surface area contributed by atoms with Gasteiger partial charge in [-0.25, -0.2) is 0 Å². The first-order valence-electron chi connectivity index (χ1n) is 3.92. The Morgan fingerprint density at radius 2 is 2.29 bits per heavy atom. The monoisotopic (exact) mass is 267 g/mol. The molecule has 0 spiro atoms. The first kappa shape index (κ1) is 9.50. The Hall–Kier alpha value is -1.05. The molecule has 4 heteroatoms. The second-order valence-corrected chi connectivity index (χ2v) is 5.10. The summed E-state index contributed by atoms with van der Waals surface area (Å²) < 4.78 is 7.28. The van der Waals surface area contributed by atoms with Crippen molar-refractivity contribution in [3.05, 3.63) is 27.5 Å². The Morgan fingerprint density at radius 3 is 2.93 bits per heavy atom. The second-order valence-electron chi connectivity index (χ2n) is 2.73. The van der Waals surface area contributed by atoms with Crippen LogP contribution in [0.4, 0.5) is 0 Å². The van der Waals surface area contributed by atoms with Crippen LogP contribution in [0.25, 0.3) is 10.1 Å². The molecular weight excluding hydrogens is 262 g/mol. The molecule has 0 atom stereocenters. The average Bonchev–Trinajstić information content (AvgIpc) is 2.51. The van der Waals surface area contributed by atoms with Gasteiger partial charge in [0, 0.05) is 10.1 Å². The molecule has 0 radical (unpaired) electrons. The topological polar surface area (TPSA) is 33.0 Å². The van der Waals surface area contributed by atoms with Gasteiger partial charge in [0.1, 0.15) is 3.79 Å². The summed E-state index contributed by atoms with van der Waals surface area (Å²) in [5.74, 6) is 0.842. The van der Waals surface area contributed by atoms with Gasteiger partial charge in [-0.3, -0.25) is 0 Å². The molecule has 0 aliphatic rings. The lowest BCUT2D eigenvalue weighted by Crippen LogP contribution is -1.80. The van der Waals surface area contributed by atoms with Crippen LogP contribution in [0.1, 0.15) is 5.56 Å². The molecule has 2 rings (SSSR count). The minimum absolute atomic E-state index is 0.675. The molecule has 1 aromatic carbocycles. The van der Waals surface area contributed by atoms with Gasteiger partial charge in [0.05, 0.1) is 18.7 Å². The van der Waals surface area contributed by atoms with Crippen LogP contribution >= 0.6 is 27.3 Å². The molecule has 70 valence electrons. The van der Waals surface area contributed by atoms with E-state index in [9.17, 15) is 0 Å².